The van der Waals surface area contributed by atoms with Gasteiger partial charge in [-0.25, -0.2) is 4.98 Å². The number of halogens is 5. The molecule has 1 aliphatic rings. The first-order valence-electron chi connectivity index (χ1n) is 11.3. The number of benzene rings is 1. The van der Waals surface area contributed by atoms with Crippen LogP contribution in [0, 0.1) is 18.3 Å². The topological polar surface area (TPSA) is 106 Å². The Bertz CT molecular complexity index is 1370. The van der Waals surface area contributed by atoms with Gasteiger partial charge in [-0.2, -0.15) is 18.3 Å². The molecule has 4 rings (SSSR count). The number of nitrogens with zero attached hydrogens (tertiary/aromatic N) is 4. The first-order valence-corrected chi connectivity index (χ1v) is 11.7. The molecule has 0 unspecified atom stereocenters. The molecule has 3 heterocycles. The third kappa shape index (κ3) is 6.30. The van der Waals surface area contributed by atoms with E-state index in [1.54, 1.807) is 0 Å². The Kier molecular flexibility index (Phi) is 9.09. The molecule has 2 amide bonds. The number of anilines is 1. The number of hydrogen-bond donors (Lipinski definition) is 3. The average molecular weight is 570 g/mol. The summed E-state index contributed by atoms with van der Waals surface area (Å²) in [6, 6.07) is 4.41. The molecule has 0 radical (unpaired) electrons. The summed E-state index contributed by atoms with van der Waals surface area (Å²) in [6.07, 6.45) is 3.76. The van der Waals surface area contributed by atoms with Crippen LogP contribution >= 0.6 is 24.0 Å². The van der Waals surface area contributed by atoms with E-state index in [9.17, 15) is 22.8 Å². The van der Waals surface area contributed by atoms with Crippen LogP contribution in [0.25, 0.3) is 11.3 Å². The van der Waals surface area contributed by atoms with Crippen LogP contribution in [-0.4, -0.2) is 50.8 Å². The highest BCUT2D eigenvalue weighted by Crippen LogP contribution is 2.36. The Morgan fingerprint density at radius 3 is 2.71 bits per heavy atom. The number of hydrogen-bond acceptors (Lipinski definition) is 5. The largest absolute Gasteiger partial charge is 0.435 e. The molecular weight excluding hydrogens is 546 g/mol. The maximum absolute atomic E-state index is 13.5. The predicted octanol–water partition coefficient (Wildman–Crippen LogP) is 3.60. The highest BCUT2D eigenvalue weighted by atomic mass is 35.5. The maximum atomic E-state index is 13.5. The molecule has 1 atom stereocenters. The van der Waals surface area contributed by atoms with Gasteiger partial charge in [-0.15, -0.1) is 18.8 Å². The molecule has 0 aliphatic carbocycles. The molecule has 1 fully saturated rings. The van der Waals surface area contributed by atoms with Gasteiger partial charge >= 0.3 is 6.18 Å². The van der Waals surface area contributed by atoms with Gasteiger partial charge in [0.2, 0.25) is 0 Å². The van der Waals surface area contributed by atoms with E-state index in [2.05, 4.69) is 32.0 Å². The third-order valence-corrected chi connectivity index (χ3v) is 6.25. The van der Waals surface area contributed by atoms with Gasteiger partial charge in [-0.05, 0) is 43.6 Å². The van der Waals surface area contributed by atoms with Crippen molar-refractivity contribution in [1.82, 2.24) is 30.0 Å². The molecule has 1 aromatic carbocycles. The Balaban J connectivity index is 0.00000400. The van der Waals surface area contributed by atoms with Crippen molar-refractivity contribution < 1.29 is 22.8 Å². The molecule has 9 nitrogen and oxygen atoms in total. The molecule has 14 heteroatoms. The molecule has 3 aromatic rings. The molecule has 0 spiro atoms. The minimum absolute atomic E-state index is 0. The Hall–Kier alpha value is -3.53. The van der Waals surface area contributed by atoms with Crippen LogP contribution in [0.2, 0.25) is 5.02 Å². The summed E-state index contributed by atoms with van der Waals surface area (Å²) >= 11 is 6.28. The summed E-state index contributed by atoms with van der Waals surface area (Å²) in [4.78, 5) is 29.3. The van der Waals surface area contributed by atoms with Crippen LogP contribution in [-0.2, 0) is 19.8 Å². The molecule has 3 N–H and O–H groups in total. The molecule has 38 heavy (non-hydrogen) atoms. The van der Waals surface area contributed by atoms with E-state index in [0.717, 1.165) is 36.6 Å². The van der Waals surface area contributed by atoms with Crippen molar-refractivity contribution in [3.63, 3.8) is 0 Å². The molecule has 0 bridgehead atoms. The minimum Gasteiger partial charge on any atom is -0.352 e. The zero-order chi connectivity index (χ0) is 26.7. The van der Waals surface area contributed by atoms with Gasteiger partial charge in [0, 0.05) is 25.5 Å². The van der Waals surface area contributed by atoms with E-state index in [0.29, 0.717) is 12.5 Å². The standard InChI is InChI=1S/C24H23ClF3N7O2.ClH/c1-3-8-35-13-17(20(33-35)24(26,27)28)19-12-30-21(34(19)2)23(37)32-15-4-5-16(18(25)9-15)22(36)31-11-14-6-7-29-10-14;/h1,4-5,9,12-14,29H,6-8,10-11H2,2H3,(H,31,36)(H,32,37);1H/t14-;/m0./s1. The number of rotatable bonds is 7. The number of alkyl halides is 3. The lowest BCUT2D eigenvalue weighted by molar-refractivity contribution is -0.141. The number of terminal acetylenes is 1. The van der Waals surface area contributed by atoms with E-state index in [-0.39, 0.29) is 58.2 Å². The number of aromatic nitrogens is 4. The van der Waals surface area contributed by atoms with Crippen LogP contribution in [0.1, 0.15) is 33.1 Å². The zero-order valence-corrected chi connectivity index (χ0v) is 21.7. The minimum atomic E-state index is -4.74. The maximum Gasteiger partial charge on any atom is 0.435 e. The van der Waals surface area contributed by atoms with E-state index < -0.39 is 17.8 Å². The molecule has 1 saturated heterocycles. The number of imidazole rings is 1. The van der Waals surface area contributed by atoms with Crippen molar-refractivity contribution in [3.8, 4) is 23.6 Å². The Morgan fingerprint density at radius 1 is 1.32 bits per heavy atom. The van der Waals surface area contributed by atoms with Crippen LogP contribution in [0.15, 0.2) is 30.6 Å². The second kappa shape index (κ2) is 11.9. The lowest BCUT2D eigenvalue weighted by Gasteiger charge is -2.12. The van der Waals surface area contributed by atoms with Gasteiger partial charge in [0.25, 0.3) is 11.8 Å². The van der Waals surface area contributed by atoms with Crippen molar-refractivity contribution >= 4 is 41.5 Å². The summed E-state index contributed by atoms with van der Waals surface area (Å²) in [7, 11) is 1.41. The first-order chi connectivity index (χ1) is 17.6. The van der Waals surface area contributed by atoms with Crippen molar-refractivity contribution in [2.75, 3.05) is 25.0 Å². The zero-order valence-electron chi connectivity index (χ0n) is 20.1. The van der Waals surface area contributed by atoms with Crippen molar-refractivity contribution in [3.05, 3.63) is 52.7 Å². The normalized spacial score (nSPS) is 15.0. The second-order valence-corrected chi connectivity index (χ2v) is 8.94. The van der Waals surface area contributed by atoms with Crippen LogP contribution in [0.4, 0.5) is 18.9 Å². The molecule has 2 aromatic heterocycles. The Morgan fingerprint density at radius 2 is 2.08 bits per heavy atom. The molecule has 202 valence electrons. The van der Waals surface area contributed by atoms with Gasteiger partial charge < -0.3 is 20.5 Å². The fourth-order valence-electron chi connectivity index (χ4n) is 4.05. The summed E-state index contributed by atoms with van der Waals surface area (Å²) in [5.74, 6) is 1.45. The van der Waals surface area contributed by atoms with E-state index in [1.807, 2.05) is 0 Å². The third-order valence-electron chi connectivity index (χ3n) is 5.94. The lowest BCUT2D eigenvalue weighted by atomic mass is 10.1. The fraction of sp³-hybridized carbons (Fsp3) is 0.333. The number of carbonyl (C=O) groups is 2. The highest BCUT2D eigenvalue weighted by molar-refractivity contribution is 6.34. The molecule has 0 saturated carbocycles. The number of amides is 2. The lowest BCUT2D eigenvalue weighted by Crippen LogP contribution is -2.30. The predicted molar refractivity (Wildman–Crippen MR) is 138 cm³/mol. The first kappa shape index (κ1) is 29.0. The van der Waals surface area contributed by atoms with Crippen molar-refractivity contribution in [2.45, 2.75) is 19.1 Å². The van der Waals surface area contributed by atoms with Crippen molar-refractivity contribution in [2.24, 2.45) is 13.0 Å². The van der Waals surface area contributed by atoms with Gasteiger partial charge in [-0.1, -0.05) is 17.5 Å². The van der Waals surface area contributed by atoms with E-state index >= 15 is 0 Å². The number of carbonyl (C=O) groups excluding carboxylic acids is 2. The SMILES string of the molecule is C#CCn1cc(-c2cnc(C(=O)Nc3ccc(C(=O)NC[C@H]4CCNC4)c(Cl)c3)n2C)c(C(F)(F)F)n1.Cl. The molecule has 1 aliphatic heterocycles. The highest BCUT2D eigenvalue weighted by Gasteiger charge is 2.38. The summed E-state index contributed by atoms with van der Waals surface area (Å²) in [5.41, 5.74) is -0.822. The Labute approximate surface area is 227 Å². The van der Waals surface area contributed by atoms with Gasteiger partial charge in [0.1, 0.15) is 6.54 Å². The summed E-state index contributed by atoms with van der Waals surface area (Å²) in [6.45, 7) is 2.14. The fourth-order valence-corrected chi connectivity index (χ4v) is 4.31. The van der Waals surface area contributed by atoms with E-state index in [1.165, 1.54) is 29.8 Å². The smallest absolute Gasteiger partial charge is 0.352 e. The second-order valence-electron chi connectivity index (χ2n) is 8.53. The van der Waals surface area contributed by atoms with Gasteiger partial charge in [0.15, 0.2) is 11.5 Å². The van der Waals surface area contributed by atoms with Crippen molar-refractivity contribution in [1.29, 1.82) is 0 Å². The quantitative estimate of drug-likeness (QED) is 0.377. The molecular formula is C24H24Cl2F3N7O2. The van der Waals surface area contributed by atoms with Crippen LogP contribution in [0.5, 0.6) is 0 Å². The van der Waals surface area contributed by atoms with Crippen LogP contribution in [0.3, 0.4) is 0 Å². The summed E-state index contributed by atoms with van der Waals surface area (Å²) in [5, 5.41) is 12.4. The van der Waals surface area contributed by atoms with Crippen LogP contribution < -0.4 is 16.0 Å². The average Bonchev–Trinajstić information content (AvgIpc) is 3.57. The monoisotopic (exact) mass is 569 g/mol. The van der Waals surface area contributed by atoms with Gasteiger partial charge in [-0.3, -0.25) is 14.3 Å². The summed E-state index contributed by atoms with van der Waals surface area (Å²) < 4.78 is 42.9. The van der Waals surface area contributed by atoms with Gasteiger partial charge in [0.05, 0.1) is 28.0 Å². The number of nitrogens with one attached hydrogen (secondary N) is 3. The van der Waals surface area contributed by atoms with E-state index in [4.69, 9.17) is 18.0 Å².